The van der Waals surface area contributed by atoms with E-state index in [0.29, 0.717) is 11.3 Å². The normalized spacial score (nSPS) is 25.8. The van der Waals surface area contributed by atoms with Crippen molar-refractivity contribution in [3.05, 3.63) is 35.0 Å². The van der Waals surface area contributed by atoms with Crippen LogP contribution in [0.15, 0.2) is 23.6 Å². The average molecular weight is 368 g/mol. The van der Waals surface area contributed by atoms with E-state index in [1.165, 1.54) is 29.4 Å². The molecule has 1 fully saturated rings. The Labute approximate surface area is 147 Å². The minimum Gasteiger partial charge on any atom is -0.442 e. The minimum absolute atomic E-state index is 0.169. The predicted octanol–water partition coefficient (Wildman–Crippen LogP) is 1.05. The van der Waals surface area contributed by atoms with Crippen LogP contribution in [0.1, 0.15) is 12.5 Å². The number of cyclic esters (lactones) is 1. The second-order valence-corrected chi connectivity index (χ2v) is 6.75. The Morgan fingerprint density at radius 2 is 2.24 bits per heavy atom. The predicted molar refractivity (Wildman–Crippen MR) is 90.3 cm³/mol. The Balaban J connectivity index is 1.75. The van der Waals surface area contributed by atoms with Gasteiger partial charge in [0.25, 0.3) is 0 Å². The van der Waals surface area contributed by atoms with Gasteiger partial charge in [0.05, 0.1) is 18.8 Å². The lowest BCUT2D eigenvalue weighted by Crippen LogP contribution is -2.33. The van der Waals surface area contributed by atoms with Gasteiger partial charge in [-0.2, -0.15) is 0 Å². The first-order valence-corrected chi connectivity index (χ1v) is 8.55. The molecule has 25 heavy (non-hydrogen) atoms. The van der Waals surface area contributed by atoms with Gasteiger partial charge in [-0.05, 0) is 23.6 Å². The molecule has 3 atom stereocenters. The summed E-state index contributed by atoms with van der Waals surface area (Å²) >= 11 is 1.01. The molecule has 2 aliphatic rings. The third kappa shape index (κ3) is 3.63. The molecule has 7 nitrogen and oxygen atoms in total. The van der Waals surface area contributed by atoms with E-state index in [1.807, 2.05) is 0 Å². The van der Waals surface area contributed by atoms with Crippen LogP contribution in [0.2, 0.25) is 0 Å². The highest BCUT2D eigenvalue weighted by Crippen LogP contribution is 2.37. The topological polar surface area (TPSA) is 99.1 Å². The monoisotopic (exact) mass is 368 g/mol. The summed E-state index contributed by atoms with van der Waals surface area (Å²) in [7, 11) is 0. The van der Waals surface area contributed by atoms with Gasteiger partial charge in [-0.1, -0.05) is 11.8 Å². The van der Waals surface area contributed by atoms with Gasteiger partial charge in [0.2, 0.25) is 5.91 Å². The quantitative estimate of drug-likeness (QED) is 0.735. The second-order valence-electron chi connectivity index (χ2n) is 5.76. The van der Waals surface area contributed by atoms with Crippen LogP contribution in [0, 0.1) is 5.82 Å². The van der Waals surface area contributed by atoms with Gasteiger partial charge < -0.3 is 20.3 Å². The van der Waals surface area contributed by atoms with Gasteiger partial charge in [-0.3, -0.25) is 9.69 Å². The van der Waals surface area contributed by atoms with Crippen molar-refractivity contribution in [3.8, 4) is 0 Å². The summed E-state index contributed by atoms with van der Waals surface area (Å²) < 4.78 is 19.6. The fourth-order valence-corrected chi connectivity index (χ4v) is 3.51. The van der Waals surface area contributed by atoms with Crippen LogP contribution in [0.25, 0.3) is 5.57 Å². The maximum absolute atomic E-state index is 14.5. The second kappa shape index (κ2) is 7.03. The van der Waals surface area contributed by atoms with E-state index >= 15 is 0 Å². The van der Waals surface area contributed by atoms with E-state index in [1.54, 1.807) is 6.07 Å². The molecule has 0 aliphatic carbocycles. The molecule has 2 aliphatic heterocycles. The summed E-state index contributed by atoms with van der Waals surface area (Å²) in [5, 5.41) is 23.5. The number of rotatable bonds is 4. The highest BCUT2D eigenvalue weighted by molar-refractivity contribution is 8.03. The molecule has 0 bridgehead atoms. The van der Waals surface area contributed by atoms with Crippen molar-refractivity contribution < 1.29 is 28.9 Å². The van der Waals surface area contributed by atoms with Crippen molar-refractivity contribution >= 4 is 35.0 Å². The standard InChI is InChI=1S/C16H17FN2O5S/c1-8(20)18-5-10-6-19(16(23)24-10)9-2-3-11(13(17)4-9)12-7-25-15(22)14(12)21/h2-4,7,10,14-15,21-22H,5-6H2,1H3,(H,18,20). The van der Waals surface area contributed by atoms with Crippen LogP contribution >= 0.6 is 11.8 Å². The largest absolute Gasteiger partial charge is 0.442 e. The first-order valence-electron chi connectivity index (χ1n) is 7.61. The number of aliphatic hydroxyl groups is 2. The summed E-state index contributed by atoms with van der Waals surface area (Å²) in [5.41, 5.74) is -0.230. The van der Waals surface area contributed by atoms with Gasteiger partial charge in [-0.15, -0.1) is 0 Å². The van der Waals surface area contributed by atoms with Crippen molar-refractivity contribution in [2.24, 2.45) is 0 Å². The number of hydrogen-bond acceptors (Lipinski definition) is 6. The van der Waals surface area contributed by atoms with Crippen LogP contribution in [-0.4, -0.2) is 52.9 Å². The van der Waals surface area contributed by atoms with Crippen molar-refractivity contribution in [2.75, 3.05) is 18.0 Å². The molecule has 1 saturated heterocycles. The fourth-order valence-electron chi connectivity index (χ4n) is 2.67. The van der Waals surface area contributed by atoms with Crippen molar-refractivity contribution in [1.82, 2.24) is 5.32 Å². The van der Waals surface area contributed by atoms with E-state index < -0.39 is 29.6 Å². The molecule has 1 aromatic carbocycles. The maximum Gasteiger partial charge on any atom is 0.414 e. The third-order valence-corrected chi connectivity index (χ3v) is 4.88. The molecule has 0 saturated carbocycles. The highest BCUT2D eigenvalue weighted by Gasteiger charge is 2.34. The molecule has 3 unspecified atom stereocenters. The Morgan fingerprint density at radius 3 is 2.84 bits per heavy atom. The smallest absolute Gasteiger partial charge is 0.414 e. The molecular formula is C16H17FN2O5S. The van der Waals surface area contributed by atoms with Crippen molar-refractivity contribution in [1.29, 1.82) is 0 Å². The molecule has 0 aromatic heterocycles. The lowest BCUT2D eigenvalue weighted by Gasteiger charge is -2.16. The number of hydrogen-bond donors (Lipinski definition) is 3. The molecule has 2 heterocycles. The Kier molecular flexibility index (Phi) is 4.98. The van der Waals surface area contributed by atoms with Crippen LogP contribution in [0.4, 0.5) is 14.9 Å². The van der Waals surface area contributed by atoms with Crippen LogP contribution in [0.5, 0.6) is 0 Å². The summed E-state index contributed by atoms with van der Waals surface area (Å²) in [6, 6.07) is 4.18. The van der Waals surface area contributed by atoms with Gasteiger partial charge in [0.15, 0.2) is 0 Å². The van der Waals surface area contributed by atoms with Crippen molar-refractivity contribution in [2.45, 2.75) is 24.6 Å². The van der Waals surface area contributed by atoms with Gasteiger partial charge in [-0.25, -0.2) is 9.18 Å². The lowest BCUT2D eigenvalue weighted by atomic mass is 10.0. The summed E-state index contributed by atoms with van der Waals surface area (Å²) in [6.45, 7) is 1.74. The summed E-state index contributed by atoms with van der Waals surface area (Å²) in [4.78, 5) is 24.2. The van der Waals surface area contributed by atoms with E-state index in [2.05, 4.69) is 5.32 Å². The van der Waals surface area contributed by atoms with Gasteiger partial charge >= 0.3 is 6.09 Å². The first-order chi connectivity index (χ1) is 11.9. The number of aliphatic hydroxyl groups excluding tert-OH is 2. The Hall–Kier alpha value is -2.10. The molecule has 9 heteroatoms. The number of carbonyl (C=O) groups excluding carboxylic acids is 2. The summed E-state index contributed by atoms with van der Waals surface area (Å²) in [5.74, 6) is -0.844. The molecule has 0 radical (unpaired) electrons. The SMILES string of the molecule is CC(=O)NCC1CN(c2ccc(C3=CSC(O)C3O)c(F)c2)C(=O)O1. The number of carbonyl (C=O) groups is 2. The minimum atomic E-state index is -1.16. The number of ether oxygens (including phenoxy) is 1. The number of nitrogens with zero attached hydrogens (tertiary/aromatic N) is 1. The lowest BCUT2D eigenvalue weighted by molar-refractivity contribution is -0.119. The fraction of sp³-hybridized carbons (Fsp3) is 0.375. The molecular weight excluding hydrogens is 351 g/mol. The van der Waals surface area contributed by atoms with Gasteiger partial charge in [0, 0.05) is 18.1 Å². The molecule has 3 N–H and O–H groups in total. The zero-order chi connectivity index (χ0) is 18.1. The zero-order valence-electron chi connectivity index (χ0n) is 13.3. The summed E-state index contributed by atoms with van der Waals surface area (Å²) in [6.07, 6.45) is -2.29. The third-order valence-electron chi connectivity index (χ3n) is 3.95. The zero-order valence-corrected chi connectivity index (χ0v) is 14.1. The van der Waals surface area contributed by atoms with E-state index in [9.17, 15) is 24.2 Å². The van der Waals surface area contributed by atoms with Crippen LogP contribution in [-0.2, 0) is 9.53 Å². The maximum atomic E-state index is 14.5. The highest BCUT2D eigenvalue weighted by atomic mass is 32.2. The van der Waals surface area contributed by atoms with E-state index in [-0.39, 0.29) is 24.6 Å². The average Bonchev–Trinajstić information content (AvgIpc) is 3.09. The molecule has 2 amide bonds. The Morgan fingerprint density at radius 1 is 1.48 bits per heavy atom. The molecule has 0 spiro atoms. The van der Waals surface area contributed by atoms with Crippen LogP contribution < -0.4 is 10.2 Å². The first kappa shape index (κ1) is 17.7. The Bertz CT molecular complexity index is 741. The van der Waals surface area contributed by atoms with E-state index in [0.717, 1.165) is 11.8 Å². The van der Waals surface area contributed by atoms with Crippen LogP contribution in [0.3, 0.4) is 0 Å². The number of amides is 2. The van der Waals surface area contributed by atoms with Crippen molar-refractivity contribution in [3.63, 3.8) is 0 Å². The van der Waals surface area contributed by atoms with E-state index in [4.69, 9.17) is 4.74 Å². The number of halogens is 1. The number of nitrogens with one attached hydrogen (secondary N) is 1. The number of anilines is 1. The van der Waals surface area contributed by atoms with Gasteiger partial charge in [0.1, 0.15) is 23.5 Å². The number of thioether (sulfide) groups is 1. The molecule has 134 valence electrons. The number of benzene rings is 1. The molecule has 3 rings (SSSR count). The molecule has 1 aromatic rings.